The van der Waals surface area contributed by atoms with E-state index in [4.69, 9.17) is 4.98 Å². The van der Waals surface area contributed by atoms with E-state index in [1.807, 2.05) is 4.57 Å². The number of halogens is 1. The highest BCUT2D eigenvalue weighted by Crippen LogP contribution is 2.59. The van der Waals surface area contributed by atoms with Gasteiger partial charge >= 0.3 is 0 Å². The topological polar surface area (TPSA) is 97.2 Å². The summed E-state index contributed by atoms with van der Waals surface area (Å²) in [5.41, 5.74) is 0.678. The van der Waals surface area contributed by atoms with Crippen molar-refractivity contribution in [1.29, 1.82) is 0 Å². The molecule has 1 unspecified atom stereocenters. The van der Waals surface area contributed by atoms with Crippen molar-refractivity contribution in [2.75, 3.05) is 24.7 Å². The van der Waals surface area contributed by atoms with Crippen molar-refractivity contribution in [3.63, 3.8) is 0 Å². The molecule has 2 aromatic heterocycles. The van der Waals surface area contributed by atoms with Gasteiger partial charge in [0.1, 0.15) is 5.65 Å². The Morgan fingerprint density at radius 3 is 2.67 bits per heavy atom. The Balaban J connectivity index is 1.45. The molecule has 0 bridgehead atoms. The van der Waals surface area contributed by atoms with E-state index in [-0.39, 0.29) is 23.1 Å². The van der Waals surface area contributed by atoms with Gasteiger partial charge in [0, 0.05) is 36.1 Å². The molecule has 0 radical (unpaired) electrons. The van der Waals surface area contributed by atoms with Crippen LogP contribution in [0.4, 0.5) is 5.95 Å². The van der Waals surface area contributed by atoms with E-state index in [1.54, 1.807) is 12.3 Å². The zero-order chi connectivity index (χ0) is 21.1. The number of hydrogen-bond donors (Lipinski definition) is 1. The van der Waals surface area contributed by atoms with Crippen LogP contribution in [0, 0.1) is 5.41 Å². The number of nitrogens with zero attached hydrogens (tertiary/aromatic N) is 4. The molecule has 1 saturated carbocycles. The summed E-state index contributed by atoms with van der Waals surface area (Å²) in [5.74, 6) is 0.478. The summed E-state index contributed by atoms with van der Waals surface area (Å²) in [5, 5.41) is 4.17. The monoisotopic (exact) mass is 493 g/mol. The smallest absolute Gasteiger partial charge is 0.266 e. The maximum absolute atomic E-state index is 13.1. The minimum atomic E-state index is -3.15. The molecule has 2 fully saturated rings. The van der Waals surface area contributed by atoms with E-state index in [1.165, 1.54) is 10.6 Å². The fourth-order valence-electron chi connectivity index (χ4n) is 4.74. The quantitative estimate of drug-likeness (QED) is 0.657. The second-order valence-corrected chi connectivity index (χ2v) is 11.4. The number of allylic oxidation sites excluding steroid dienone is 2. The van der Waals surface area contributed by atoms with E-state index in [0.717, 1.165) is 24.6 Å². The number of sulfonamides is 1. The van der Waals surface area contributed by atoms with Gasteiger partial charge in [0.25, 0.3) is 5.56 Å². The normalized spacial score (nSPS) is 24.0. The molecule has 2 aliphatic carbocycles. The van der Waals surface area contributed by atoms with E-state index < -0.39 is 10.0 Å². The van der Waals surface area contributed by atoms with Crippen LogP contribution in [0.2, 0.25) is 0 Å². The van der Waals surface area contributed by atoms with E-state index in [9.17, 15) is 13.2 Å². The third-order valence-electron chi connectivity index (χ3n) is 6.60. The van der Waals surface area contributed by atoms with Crippen LogP contribution in [0.5, 0.6) is 0 Å². The van der Waals surface area contributed by atoms with E-state index in [0.29, 0.717) is 42.0 Å². The van der Waals surface area contributed by atoms with Crippen molar-refractivity contribution < 1.29 is 8.42 Å². The number of nitrogens with one attached hydrogen (secondary N) is 1. The SMILES string of the molecule is CS(=O)(=O)N1CCC(Nc2ncc3cc(Br)c(=O)n(C4CC=CC45CC5)c3n2)CC1. The summed E-state index contributed by atoms with van der Waals surface area (Å²) >= 11 is 3.41. The molecule has 1 saturated heterocycles. The summed E-state index contributed by atoms with van der Waals surface area (Å²) in [7, 11) is -3.15. The van der Waals surface area contributed by atoms with Crippen LogP contribution in [0.25, 0.3) is 11.0 Å². The molecule has 160 valence electrons. The summed E-state index contributed by atoms with van der Waals surface area (Å²) in [6.45, 7) is 0.968. The molecule has 1 atom stereocenters. The van der Waals surface area contributed by atoms with Crippen LogP contribution in [-0.4, -0.2) is 52.6 Å². The second-order valence-electron chi connectivity index (χ2n) is 8.61. The van der Waals surface area contributed by atoms with Crippen LogP contribution >= 0.6 is 15.9 Å². The summed E-state index contributed by atoms with van der Waals surface area (Å²) < 4.78 is 27.3. The number of aromatic nitrogens is 3. The predicted octanol–water partition coefficient (Wildman–Crippen LogP) is 2.67. The Morgan fingerprint density at radius 1 is 1.27 bits per heavy atom. The highest BCUT2D eigenvalue weighted by atomic mass is 79.9. The molecule has 10 heteroatoms. The molecule has 2 aromatic rings. The van der Waals surface area contributed by atoms with Crippen molar-refractivity contribution in [1.82, 2.24) is 18.8 Å². The minimum Gasteiger partial charge on any atom is -0.351 e. The van der Waals surface area contributed by atoms with Gasteiger partial charge in [-0.2, -0.15) is 4.98 Å². The first-order valence-electron chi connectivity index (χ1n) is 10.2. The number of fused-ring (bicyclic) bond motifs is 1. The lowest BCUT2D eigenvalue weighted by Crippen LogP contribution is -2.42. The molecule has 8 nitrogen and oxygen atoms in total. The molecule has 30 heavy (non-hydrogen) atoms. The Hall–Kier alpha value is -1.78. The average Bonchev–Trinajstić information content (AvgIpc) is 3.36. The molecule has 0 amide bonds. The van der Waals surface area contributed by atoms with Crippen molar-refractivity contribution >= 4 is 42.9 Å². The first-order valence-corrected chi connectivity index (χ1v) is 12.9. The van der Waals surface area contributed by atoms with Crippen LogP contribution in [0.1, 0.15) is 38.1 Å². The van der Waals surface area contributed by atoms with Crippen molar-refractivity contribution in [3.05, 3.63) is 39.2 Å². The zero-order valence-corrected chi connectivity index (χ0v) is 19.1. The Bertz CT molecular complexity index is 1200. The van der Waals surface area contributed by atoms with Gasteiger partial charge in [0.15, 0.2) is 0 Å². The summed E-state index contributed by atoms with van der Waals surface area (Å²) in [6.07, 6.45) is 11.8. The average molecular weight is 494 g/mol. The van der Waals surface area contributed by atoms with E-state index >= 15 is 0 Å². The highest BCUT2D eigenvalue weighted by Gasteiger charge is 2.50. The first kappa shape index (κ1) is 20.1. The van der Waals surface area contributed by atoms with E-state index in [2.05, 4.69) is 38.4 Å². The number of piperidine rings is 1. The molecule has 3 heterocycles. The minimum absolute atomic E-state index is 0.0615. The summed E-state index contributed by atoms with van der Waals surface area (Å²) in [6, 6.07) is 1.97. The Morgan fingerprint density at radius 2 is 2.00 bits per heavy atom. The molecular formula is C20H24BrN5O3S. The van der Waals surface area contributed by atoms with Crippen LogP contribution in [-0.2, 0) is 10.0 Å². The number of anilines is 1. The molecule has 5 rings (SSSR count). The highest BCUT2D eigenvalue weighted by molar-refractivity contribution is 9.10. The van der Waals surface area contributed by atoms with Crippen LogP contribution in [0.15, 0.2) is 33.7 Å². The molecule has 0 aromatic carbocycles. The van der Waals surface area contributed by atoms with Gasteiger partial charge in [-0.15, -0.1) is 0 Å². The molecule has 3 aliphatic rings. The zero-order valence-electron chi connectivity index (χ0n) is 16.7. The lowest BCUT2D eigenvalue weighted by Gasteiger charge is -2.30. The van der Waals surface area contributed by atoms with Crippen LogP contribution < -0.4 is 10.9 Å². The third-order valence-corrected chi connectivity index (χ3v) is 8.47. The van der Waals surface area contributed by atoms with Crippen LogP contribution in [0.3, 0.4) is 0 Å². The van der Waals surface area contributed by atoms with Gasteiger partial charge < -0.3 is 5.32 Å². The van der Waals surface area contributed by atoms with Crippen molar-refractivity contribution in [2.45, 2.75) is 44.2 Å². The largest absolute Gasteiger partial charge is 0.351 e. The number of rotatable bonds is 4. The number of pyridine rings is 1. The predicted molar refractivity (Wildman–Crippen MR) is 119 cm³/mol. The lowest BCUT2D eigenvalue weighted by atomic mass is 10.00. The fourth-order valence-corrected chi connectivity index (χ4v) is 6.06. The first-order chi connectivity index (χ1) is 14.3. The second kappa shape index (κ2) is 7.13. The molecule has 1 aliphatic heterocycles. The van der Waals surface area contributed by atoms with Gasteiger partial charge in [-0.05, 0) is 54.1 Å². The van der Waals surface area contributed by atoms with Gasteiger partial charge in [-0.1, -0.05) is 12.2 Å². The van der Waals surface area contributed by atoms with Gasteiger partial charge in [0.2, 0.25) is 16.0 Å². The third kappa shape index (κ3) is 3.48. The number of hydrogen-bond acceptors (Lipinski definition) is 6. The summed E-state index contributed by atoms with van der Waals surface area (Å²) in [4.78, 5) is 22.3. The van der Waals surface area contributed by atoms with Crippen molar-refractivity contribution in [3.8, 4) is 0 Å². The van der Waals surface area contributed by atoms with Gasteiger partial charge in [0.05, 0.1) is 16.8 Å². The standard InChI is InChI=1S/C20H24BrN5O3S/c1-30(28,29)25-9-4-14(5-10-25)23-19-22-12-13-11-15(21)18(27)26(17(13)24-19)16-3-2-6-20(16)7-8-20/h2,6,11-12,14,16H,3-5,7-10H2,1H3,(H,22,23,24). The maximum Gasteiger partial charge on any atom is 0.266 e. The van der Waals surface area contributed by atoms with Crippen molar-refractivity contribution in [2.24, 2.45) is 5.41 Å². The molecular weight excluding hydrogens is 470 g/mol. The Labute approximate surface area is 183 Å². The molecule has 1 N–H and O–H groups in total. The molecule has 1 spiro atoms. The Kier molecular flexibility index (Phi) is 4.79. The maximum atomic E-state index is 13.1. The lowest BCUT2D eigenvalue weighted by molar-refractivity contribution is 0.331. The van der Waals surface area contributed by atoms with Gasteiger partial charge in [-0.3, -0.25) is 9.36 Å². The van der Waals surface area contributed by atoms with Gasteiger partial charge in [-0.25, -0.2) is 17.7 Å². The fraction of sp³-hybridized carbons (Fsp3) is 0.550.